The zero-order valence-electron chi connectivity index (χ0n) is 20.2. The number of benzene rings is 2. The summed E-state index contributed by atoms with van der Waals surface area (Å²) < 4.78 is 13.4. The number of aldehydes is 1. The number of halogens is 1. The van der Waals surface area contributed by atoms with Crippen molar-refractivity contribution in [1.29, 1.82) is 0 Å². The van der Waals surface area contributed by atoms with Crippen molar-refractivity contribution in [3.8, 4) is 0 Å². The largest absolute Gasteiger partial charge is 0.374 e. The van der Waals surface area contributed by atoms with Crippen molar-refractivity contribution in [3.63, 3.8) is 0 Å². The lowest BCUT2D eigenvalue weighted by molar-refractivity contribution is -0.108. The van der Waals surface area contributed by atoms with Crippen LogP contribution >= 0.6 is 0 Å². The Bertz CT molecular complexity index is 1110. The van der Waals surface area contributed by atoms with E-state index in [4.69, 9.17) is 0 Å². The van der Waals surface area contributed by atoms with Gasteiger partial charge in [0.2, 0.25) is 0 Å². The van der Waals surface area contributed by atoms with E-state index in [1.165, 1.54) is 68.4 Å². The summed E-state index contributed by atoms with van der Waals surface area (Å²) >= 11 is 0. The highest BCUT2D eigenvalue weighted by Gasteiger charge is 2.48. The molecule has 4 aliphatic carbocycles. The number of anilines is 2. The number of hydrogen-bond acceptors (Lipinski definition) is 3. The second-order valence-electron chi connectivity index (χ2n) is 11.1. The second kappa shape index (κ2) is 8.55. The van der Waals surface area contributed by atoms with Gasteiger partial charge in [0.05, 0.1) is 0 Å². The molecule has 7 rings (SSSR count). The summed E-state index contributed by atoms with van der Waals surface area (Å²) in [4.78, 5) is 12.0. The van der Waals surface area contributed by atoms with Crippen LogP contribution in [-0.2, 0) is 10.2 Å². The molecule has 34 heavy (non-hydrogen) atoms. The smallest absolute Gasteiger partial charge is 0.123 e. The molecule has 2 unspecified atom stereocenters. The fourth-order valence-electron chi connectivity index (χ4n) is 6.05. The number of nitrogens with one attached hydrogen (secondary N) is 1. The van der Waals surface area contributed by atoms with Crippen molar-refractivity contribution in [3.05, 3.63) is 70.7 Å². The average molecular weight is 459 g/mol. The highest BCUT2D eigenvalue weighted by atomic mass is 19.1. The van der Waals surface area contributed by atoms with Crippen molar-refractivity contribution < 1.29 is 9.18 Å². The molecule has 1 aliphatic heterocycles. The molecule has 4 heteroatoms. The van der Waals surface area contributed by atoms with Crippen LogP contribution in [0.15, 0.2) is 53.7 Å². The predicted octanol–water partition coefficient (Wildman–Crippen LogP) is 6.95. The molecule has 0 aromatic heterocycles. The van der Waals surface area contributed by atoms with Crippen LogP contribution in [0.25, 0.3) is 0 Å². The van der Waals surface area contributed by atoms with Gasteiger partial charge in [0.15, 0.2) is 0 Å². The van der Waals surface area contributed by atoms with E-state index >= 15 is 0 Å². The lowest BCUT2D eigenvalue weighted by Gasteiger charge is -2.47. The van der Waals surface area contributed by atoms with Gasteiger partial charge < -0.3 is 15.0 Å². The van der Waals surface area contributed by atoms with Crippen LogP contribution in [0, 0.1) is 17.7 Å². The zero-order valence-corrected chi connectivity index (χ0v) is 20.2. The number of carbonyl (C=O) groups excluding carboxylic acids is 1. The first-order valence-electron chi connectivity index (χ1n) is 13.1. The molecule has 0 radical (unpaired) electrons. The summed E-state index contributed by atoms with van der Waals surface area (Å²) in [6, 6.07) is 14.2. The molecule has 4 fully saturated rings. The Kier molecular flexibility index (Phi) is 5.50. The van der Waals surface area contributed by atoms with E-state index in [2.05, 4.69) is 35.5 Å². The first-order valence-corrected chi connectivity index (χ1v) is 13.1. The fraction of sp³-hybridized carbons (Fsp3) is 0.500. The van der Waals surface area contributed by atoms with Gasteiger partial charge in [-0.25, -0.2) is 4.39 Å². The van der Waals surface area contributed by atoms with Gasteiger partial charge in [-0.05, 0) is 110 Å². The van der Waals surface area contributed by atoms with Gasteiger partial charge in [-0.1, -0.05) is 18.6 Å². The Labute approximate surface area is 202 Å². The molecule has 1 heterocycles. The van der Waals surface area contributed by atoms with Crippen LogP contribution in [0.5, 0.6) is 0 Å². The normalized spacial score (nSPS) is 25.5. The summed E-state index contributed by atoms with van der Waals surface area (Å²) in [5.41, 5.74) is 8.61. The SMILES string of the molecule is CN1CC2CC2c2cc(C3(C(Nc4ccc(F)cc4)=C4CCC4)CCC3)ccc21.O=CC1CC1. The molecule has 0 amide bonds. The van der Waals surface area contributed by atoms with E-state index in [0.29, 0.717) is 5.92 Å². The van der Waals surface area contributed by atoms with Crippen LogP contribution in [0.4, 0.5) is 15.8 Å². The summed E-state index contributed by atoms with van der Waals surface area (Å²) in [6.07, 6.45) is 12.1. The first-order chi connectivity index (χ1) is 16.6. The standard InChI is InChI=1S/C26H29FN2.C4H6O/c1-29-16-18-14-22(18)23-15-19(6-11-24(23)29)26(12-3-13-26)25(17-4-2-5-17)28-21-9-7-20(27)8-10-21;5-3-4-1-2-4/h6-11,15,18,22,28H,2-5,12-14,16H2,1H3;3-4H,1-2H2. The molecule has 4 saturated carbocycles. The van der Waals surface area contributed by atoms with Crippen molar-refractivity contribution in [2.45, 2.75) is 69.1 Å². The first kappa shape index (κ1) is 21.9. The Morgan fingerprint density at radius 2 is 1.85 bits per heavy atom. The van der Waals surface area contributed by atoms with Gasteiger partial charge in [-0.2, -0.15) is 0 Å². The third-order valence-electron chi connectivity index (χ3n) is 8.75. The number of fused-ring (bicyclic) bond motifs is 3. The van der Waals surface area contributed by atoms with Crippen LogP contribution in [0.3, 0.4) is 0 Å². The third kappa shape index (κ3) is 3.95. The van der Waals surface area contributed by atoms with Crippen LogP contribution < -0.4 is 10.2 Å². The monoisotopic (exact) mass is 458 g/mol. The fourth-order valence-corrected chi connectivity index (χ4v) is 6.05. The van der Waals surface area contributed by atoms with Gasteiger partial charge >= 0.3 is 0 Å². The maximum absolute atomic E-state index is 13.4. The molecule has 2 aromatic rings. The Morgan fingerprint density at radius 1 is 1.09 bits per heavy atom. The van der Waals surface area contributed by atoms with Gasteiger partial charge in [-0.15, -0.1) is 0 Å². The quantitative estimate of drug-likeness (QED) is 0.492. The predicted molar refractivity (Wildman–Crippen MR) is 136 cm³/mol. The Morgan fingerprint density at radius 3 is 2.41 bits per heavy atom. The molecule has 178 valence electrons. The van der Waals surface area contributed by atoms with Crippen molar-refractivity contribution in [2.24, 2.45) is 11.8 Å². The summed E-state index contributed by atoms with van der Waals surface area (Å²) in [5, 5.41) is 3.76. The molecule has 0 spiro atoms. The van der Waals surface area contributed by atoms with E-state index in [1.54, 1.807) is 23.3 Å². The highest BCUT2D eigenvalue weighted by molar-refractivity contribution is 5.63. The number of nitrogens with zero attached hydrogens (tertiary/aromatic N) is 1. The molecule has 2 atom stereocenters. The average Bonchev–Trinajstić information content (AvgIpc) is 3.68. The van der Waals surface area contributed by atoms with Crippen molar-refractivity contribution in [1.82, 2.24) is 0 Å². The zero-order chi connectivity index (χ0) is 23.3. The molecule has 0 saturated heterocycles. The molecular weight excluding hydrogens is 423 g/mol. The lowest BCUT2D eigenvalue weighted by atomic mass is 9.60. The van der Waals surface area contributed by atoms with E-state index < -0.39 is 0 Å². The van der Waals surface area contributed by atoms with Gasteiger partial charge in [-0.3, -0.25) is 0 Å². The number of allylic oxidation sites excluding steroid dienone is 2. The highest BCUT2D eigenvalue weighted by Crippen LogP contribution is 2.57. The van der Waals surface area contributed by atoms with Crippen LogP contribution in [-0.4, -0.2) is 19.9 Å². The van der Waals surface area contributed by atoms with Gasteiger partial charge in [0, 0.05) is 42.0 Å². The summed E-state index contributed by atoms with van der Waals surface area (Å²) in [6.45, 7) is 1.21. The lowest BCUT2D eigenvalue weighted by Crippen LogP contribution is -2.41. The molecule has 1 N–H and O–H groups in total. The van der Waals surface area contributed by atoms with E-state index in [-0.39, 0.29) is 11.2 Å². The number of hydrogen-bond donors (Lipinski definition) is 1. The van der Waals surface area contributed by atoms with Crippen LogP contribution in [0.1, 0.15) is 74.8 Å². The molecule has 5 aliphatic rings. The van der Waals surface area contributed by atoms with Crippen LogP contribution in [0.2, 0.25) is 0 Å². The Hall–Kier alpha value is -2.62. The summed E-state index contributed by atoms with van der Waals surface area (Å²) in [5.74, 6) is 1.92. The number of rotatable bonds is 5. The molecule has 2 aromatic carbocycles. The minimum atomic E-state index is -0.176. The summed E-state index contributed by atoms with van der Waals surface area (Å²) in [7, 11) is 2.24. The maximum atomic E-state index is 13.4. The topological polar surface area (TPSA) is 32.3 Å². The van der Waals surface area contributed by atoms with Gasteiger partial charge in [0.1, 0.15) is 12.1 Å². The van der Waals surface area contributed by atoms with E-state index in [0.717, 1.165) is 36.7 Å². The van der Waals surface area contributed by atoms with Crippen molar-refractivity contribution >= 4 is 17.7 Å². The van der Waals surface area contributed by atoms with Gasteiger partial charge in [0.25, 0.3) is 0 Å². The van der Waals surface area contributed by atoms with E-state index in [9.17, 15) is 9.18 Å². The molecule has 0 bridgehead atoms. The molecule has 3 nitrogen and oxygen atoms in total. The maximum Gasteiger partial charge on any atom is 0.123 e. The molecular formula is C30H35FN2O. The minimum Gasteiger partial charge on any atom is -0.374 e. The van der Waals surface area contributed by atoms with Crippen molar-refractivity contribution in [2.75, 3.05) is 23.8 Å². The number of carbonyl (C=O) groups is 1. The Balaban J connectivity index is 0.000000388. The van der Waals surface area contributed by atoms with E-state index in [1.807, 2.05) is 12.1 Å². The second-order valence-corrected chi connectivity index (χ2v) is 11.1. The third-order valence-corrected chi connectivity index (χ3v) is 8.75. The minimum absolute atomic E-state index is 0.111.